The number of halogens is 1. The fraction of sp³-hybridized carbons (Fsp3) is 0.550. The van der Waals surface area contributed by atoms with E-state index in [9.17, 15) is 14.4 Å². The summed E-state index contributed by atoms with van der Waals surface area (Å²) < 4.78 is 0. The number of rotatable bonds is 4. The van der Waals surface area contributed by atoms with Crippen molar-refractivity contribution >= 4 is 30.1 Å². The molecule has 3 saturated heterocycles. The van der Waals surface area contributed by atoms with Crippen LogP contribution in [0.25, 0.3) is 0 Å². The van der Waals surface area contributed by atoms with Gasteiger partial charge in [-0.25, -0.2) is 0 Å². The van der Waals surface area contributed by atoms with Gasteiger partial charge in [-0.3, -0.25) is 24.2 Å². The Morgan fingerprint density at radius 1 is 1.00 bits per heavy atom. The summed E-state index contributed by atoms with van der Waals surface area (Å²) in [5.74, 6) is -0.167. The number of hydrogen-bond donors (Lipinski definition) is 1. The van der Waals surface area contributed by atoms with Crippen LogP contribution in [0.4, 0.5) is 0 Å². The summed E-state index contributed by atoms with van der Waals surface area (Å²) >= 11 is 0. The van der Waals surface area contributed by atoms with Crippen LogP contribution in [0.1, 0.15) is 35.2 Å². The maximum atomic E-state index is 12.8. The van der Waals surface area contributed by atoms with Crippen molar-refractivity contribution in [3.63, 3.8) is 0 Å². The van der Waals surface area contributed by atoms with Crippen molar-refractivity contribution in [1.82, 2.24) is 20.0 Å². The molecule has 3 amide bonds. The molecule has 1 N–H and O–H groups in total. The molecule has 8 heteroatoms. The standard InChI is InChI=1S/C20H26N4O3.ClH/c25-18-5-6-19(26)24(18)13-15-1-3-16(4-2-15)20(27)23-10-7-17(14-23)22-11-8-21-9-12-22;/h1-4,17,21H,5-14H2;1H. The molecule has 0 bridgehead atoms. The van der Waals surface area contributed by atoms with Crippen molar-refractivity contribution in [2.24, 2.45) is 0 Å². The van der Waals surface area contributed by atoms with Gasteiger partial charge >= 0.3 is 0 Å². The zero-order valence-electron chi connectivity index (χ0n) is 15.9. The van der Waals surface area contributed by atoms with E-state index in [0.29, 0.717) is 31.0 Å². The number of hydrogen-bond acceptors (Lipinski definition) is 5. The average Bonchev–Trinajstić information content (AvgIpc) is 3.31. The second-order valence-corrected chi connectivity index (χ2v) is 7.55. The Bertz CT molecular complexity index is 717. The van der Waals surface area contributed by atoms with Gasteiger partial charge in [-0.05, 0) is 24.1 Å². The summed E-state index contributed by atoms with van der Waals surface area (Å²) in [6.07, 6.45) is 1.64. The van der Waals surface area contributed by atoms with Crippen LogP contribution in [-0.4, -0.2) is 77.7 Å². The molecule has 28 heavy (non-hydrogen) atoms. The Morgan fingerprint density at radius 3 is 2.29 bits per heavy atom. The number of likely N-dealkylation sites (tertiary alicyclic amines) is 2. The molecule has 0 spiro atoms. The first-order valence-electron chi connectivity index (χ1n) is 9.78. The van der Waals surface area contributed by atoms with Gasteiger partial charge in [-0.2, -0.15) is 0 Å². The number of nitrogens with one attached hydrogen (secondary N) is 1. The van der Waals surface area contributed by atoms with Crippen molar-refractivity contribution in [3.05, 3.63) is 35.4 Å². The van der Waals surface area contributed by atoms with Crippen LogP contribution in [0.3, 0.4) is 0 Å². The number of benzene rings is 1. The Kier molecular flexibility index (Phi) is 6.69. The highest BCUT2D eigenvalue weighted by molar-refractivity contribution is 6.01. The lowest BCUT2D eigenvalue weighted by Crippen LogP contribution is -2.49. The molecule has 0 aromatic heterocycles. The summed E-state index contributed by atoms with van der Waals surface area (Å²) in [4.78, 5) is 42.0. The van der Waals surface area contributed by atoms with Gasteiger partial charge in [0.25, 0.3) is 5.91 Å². The number of imide groups is 1. The van der Waals surface area contributed by atoms with Crippen LogP contribution in [0, 0.1) is 0 Å². The van der Waals surface area contributed by atoms with E-state index in [1.165, 1.54) is 4.90 Å². The number of carbonyl (C=O) groups is 3. The van der Waals surface area contributed by atoms with E-state index >= 15 is 0 Å². The molecule has 0 radical (unpaired) electrons. The summed E-state index contributed by atoms with van der Waals surface area (Å²) in [5.41, 5.74) is 1.54. The van der Waals surface area contributed by atoms with Crippen molar-refractivity contribution in [2.45, 2.75) is 31.8 Å². The van der Waals surface area contributed by atoms with Gasteiger partial charge in [-0.1, -0.05) is 12.1 Å². The summed E-state index contributed by atoms with van der Waals surface area (Å²) in [6.45, 7) is 6.02. The summed E-state index contributed by atoms with van der Waals surface area (Å²) in [6, 6.07) is 7.76. The number of piperazine rings is 1. The lowest BCUT2D eigenvalue weighted by Gasteiger charge is -2.32. The Balaban J connectivity index is 0.00000225. The minimum Gasteiger partial charge on any atom is -0.337 e. The predicted molar refractivity (Wildman–Crippen MR) is 107 cm³/mol. The highest BCUT2D eigenvalue weighted by Gasteiger charge is 2.32. The van der Waals surface area contributed by atoms with Crippen molar-refractivity contribution < 1.29 is 14.4 Å². The van der Waals surface area contributed by atoms with Gasteiger partial charge in [-0.15, -0.1) is 12.4 Å². The predicted octanol–water partition coefficient (Wildman–Crippen LogP) is 0.877. The van der Waals surface area contributed by atoms with Crippen LogP contribution < -0.4 is 5.32 Å². The molecule has 152 valence electrons. The smallest absolute Gasteiger partial charge is 0.253 e. The molecule has 3 aliphatic rings. The molecule has 1 unspecified atom stereocenters. The van der Waals surface area contributed by atoms with Crippen LogP contribution >= 0.6 is 12.4 Å². The molecule has 1 atom stereocenters. The van der Waals surface area contributed by atoms with Crippen LogP contribution in [0.5, 0.6) is 0 Å². The molecule has 4 rings (SSSR count). The zero-order valence-corrected chi connectivity index (χ0v) is 16.7. The molecule has 0 aliphatic carbocycles. The number of amides is 3. The van der Waals surface area contributed by atoms with Crippen molar-refractivity contribution in [3.8, 4) is 0 Å². The normalized spacial score (nSPS) is 23.2. The molecule has 3 heterocycles. The summed E-state index contributed by atoms with van der Waals surface area (Å²) in [5, 5.41) is 3.37. The largest absolute Gasteiger partial charge is 0.337 e. The average molecular weight is 407 g/mol. The van der Waals surface area contributed by atoms with E-state index in [-0.39, 0.29) is 30.1 Å². The molecule has 1 aromatic rings. The van der Waals surface area contributed by atoms with Gasteiger partial charge in [0.2, 0.25) is 11.8 Å². The topological polar surface area (TPSA) is 73.0 Å². The highest BCUT2D eigenvalue weighted by Crippen LogP contribution is 2.20. The van der Waals surface area contributed by atoms with E-state index < -0.39 is 0 Å². The van der Waals surface area contributed by atoms with Crippen LogP contribution in [0.15, 0.2) is 24.3 Å². The first-order chi connectivity index (χ1) is 13.1. The van der Waals surface area contributed by atoms with E-state index in [4.69, 9.17) is 0 Å². The maximum absolute atomic E-state index is 12.8. The Labute approximate surface area is 171 Å². The van der Waals surface area contributed by atoms with Crippen LogP contribution in [-0.2, 0) is 16.1 Å². The lowest BCUT2D eigenvalue weighted by molar-refractivity contribution is -0.139. The molecule has 3 fully saturated rings. The van der Waals surface area contributed by atoms with E-state index in [1.807, 2.05) is 17.0 Å². The SMILES string of the molecule is Cl.O=C(c1ccc(CN2C(=O)CCC2=O)cc1)N1CCC(N2CCNCC2)C1. The number of nitrogens with zero attached hydrogens (tertiary/aromatic N) is 3. The molecule has 7 nitrogen and oxygen atoms in total. The second-order valence-electron chi connectivity index (χ2n) is 7.55. The first kappa shape index (κ1) is 20.8. The molecule has 3 aliphatic heterocycles. The molecule has 1 aromatic carbocycles. The lowest BCUT2D eigenvalue weighted by atomic mass is 10.1. The third-order valence-corrected chi connectivity index (χ3v) is 5.81. The minimum absolute atomic E-state index is 0. The summed E-state index contributed by atoms with van der Waals surface area (Å²) in [7, 11) is 0. The first-order valence-corrected chi connectivity index (χ1v) is 9.78. The van der Waals surface area contributed by atoms with Gasteiger partial charge < -0.3 is 10.2 Å². The third-order valence-electron chi connectivity index (χ3n) is 5.81. The maximum Gasteiger partial charge on any atom is 0.253 e. The Morgan fingerprint density at radius 2 is 1.64 bits per heavy atom. The van der Waals surface area contributed by atoms with Crippen LogP contribution in [0.2, 0.25) is 0 Å². The van der Waals surface area contributed by atoms with Gasteiger partial charge in [0.15, 0.2) is 0 Å². The third kappa shape index (κ3) is 4.37. The van der Waals surface area contributed by atoms with Gasteiger partial charge in [0, 0.05) is 63.7 Å². The van der Waals surface area contributed by atoms with Crippen molar-refractivity contribution in [1.29, 1.82) is 0 Å². The van der Waals surface area contributed by atoms with E-state index in [0.717, 1.165) is 51.3 Å². The zero-order chi connectivity index (χ0) is 18.8. The fourth-order valence-corrected chi connectivity index (χ4v) is 4.19. The van der Waals surface area contributed by atoms with Gasteiger partial charge in [0.05, 0.1) is 6.54 Å². The van der Waals surface area contributed by atoms with Crippen molar-refractivity contribution in [2.75, 3.05) is 39.3 Å². The minimum atomic E-state index is -0.115. The molecule has 0 saturated carbocycles. The van der Waals surface area contributed by atoms with E-state index in [1.54, 1.807) is 12.1 Å². The highest BCUT2D eigenvalue weighted by atomic mass is 35.5. The molecular weight excluding hydrogens is 380 g/mol. The van der Waals surface area contributed by atoms with Gasteiger partial charge in [0.1, 0.15) is 0 Å². The fourth-order valence-electron chi connectivity index (χ4n) is 4.19. The monoisotopic (exact) mass is 406 g/mol. The molecular formula is C20H27ClN4O3. The number of carbonyl (C=O) groups excluding carboxylic acids is 3. The van der Waals surface area contributed by atoms with E-state index in [2.05, 4.69) is 10.2 Å². The Hall–Kier alpha value is -1.96. The quantitative estimate of drug-likeness (QED) is 0.751. The second kappa shape index (κ2) is 9.03.